The molecule has 2 atom stereocenters. The third-order valence-electron chi connectivity index (χ3n) is 3.69. The molecule has 6 heteroatoms. The minimum atomic E-state index is -3.22. The summed E-state index contributed by atoms with van der Waals surface area (Å²) in [6, 6.07) is 5.41. The van der Waals surface area contributed by atoms with Gasteiger partial charge in [0, 0.05) is 18.4 Å². The lowest BCUT2D eigenvalue weighted by Gasteiger charge is -2.18. The number of carbonyl (C=O) groups is 1. The minimum absolute atomic E-state index is 0.116. The van der Waals surface area contributed by atoms with Crippen LogP contribution in [0.4, 0.5) is 0 Å². The van der Waals surface area contributed by atoms with Crippen LogP contribution >= 0.6 is 11.6 Å². The van der Waals surface area contributed by atoms with Crippen LogP contribution in [0.3, 0.4) is 0 Å². The van der Waals surface area contributed by atoms with Gasteiger partial charge in [0.1, 0.15) is 0 Å². The Bertz CT molecular complexity index is 627. The smallest absolute Gasteiger partial charge is 0.251 e. The molecule has 0 aromatic heterocycles. The Morgan fingerprint density at radius 2 is 2.05 bits per heavy atom. The molecule has 0 bridgehead atoms. The Morgan fingerprint density at radius 1 is 1.35 bits per heavy atom. The van der Waals surface area contributed by atoms with Gasteiger partial charge in [0.15, 0.2) is 9.84 Å². The van der Waals surface area contributed by atoms with Crippen LogP contribution in [0.2, 0.25) is 0 Å². The number of amides is 1. The summed E-state index contributed by atoms with van der Waals surface area (Å²) in [4.78, 5) is 12.0. The maximum Gasteiger partial charge on any atom is 0.251 e. The summed E-state index contributed by atoms with van der Waals surface area (Å²) in [5.41, 5.74) is 2.26. The first-order valence-corrected chi connectivity index (χ1v) is 8.94. The van der Waals surface area contributed by atoms with E-state index in [0.717, 1.165) is 18.4 Å². The van der Waals surface area contributed by atoms with Gasteiger partial charge in [0.05, 0.1) is 10.6 Å². The molecule has 1 heterocycles. The summed E-state index contributed by atoms with van der Waals surface area (Å²) in [5.74, 6) is -0.116. The van der Waals surface area contributed by atoms with Crippen molar-refractivity contribution in [1.82, 2.24) is 5.32 Å². The highest BCUT2D eigenvalue weighted by Crippen LogP contribution is 2.30. The average Bonchev–Trinajstić information content (AvgIpc) is 2.58. The van der Waals surface area contributed by atoms with Gasteiger partial charge in [-0.2, -0.15) is 0 Å². The van der Waals surface area contributed by atoms with E-state index in [-0.39, 0.29) is 5.91 Å². The molecule has 0 aliphatic carbocycles. The maximum absolute atomic E-state index is 12.0. The normalized spacial score (nSPS) is 18.6. The van der Waals surface area contributed by atoms with E-state index < -0.39 is 20.5 Å². The van der Waals surface area contributed by atoms with Gasteiger partial charge in [-0.05, 0) is 37.0 Å². The number of hydrogen-bond donors (Lipinski definition) is 1. The Balaban J connectivity index is 2.38. The number of nitrogens with one attached hydrogen (secondary N) is 1. The molecule has 1 aromatic carbocycles. The fourth-order valence-electron chi connectivity index (χ4n) is 2.26. The van der Waals surface area contributed by atoms with Crippen LogP contribution in [0, 0.1) is 0 Å². The lowest BCUT2D eigenvalue weighted by atomic mass is 9.98. The molecule has 1 N–H and O–H groups in total. The van der Waals surface area contributed by atoms with Gasteiger partial charge in [-0.3, -0.25) is 4.79 Å². The summed E-state index contributed by atoms with van der Waals surface area (Å²) >= 11 is 6.26. The Hall–Kier alpha value is -1.07. The number of hydrogen-bond acceptors (Lipinski definition) is 3. The zero-order chi connectivity index (χ0) is 14.9. The van der Waals surface area contributed by atoms with E-state index in [1.165, 1.54) is 6.26 Å². The number of aryl methyl sites for hydroxylation is 1. The van der Waals surface area contributed by atoms with Crippen LogP contribution in [-0.2, 0) is 16.3 Å². The topological polar surface area (TPSA) is 63.2 Å². The Labute approximate surface area is 124 Å². The van der Waals surface area contributed by atoms with Gasteiger partial charge in [0.25, 0.3) is 5.91 Å². The molecule has 2 rings (SSSR count). The van der Waals surface area contributed by atoms with Crippen molar-refractivity contribution in [3.8, 4) is 0 Å². The van der Waals surface area contributed by atoms with Crippen molar-refractivity contribution in [1.29, 1.82) is 0 Å². The van der Waals surface area contributed by atoms with Crippen LogP contribution < -0.4 is 5.32 Å². The quantitative estimate of drug-likeness (QED) is 0.869. The molecule has 1 amide bonds. The summed E-state index contributed by atoms with van der Waals surface area (Å²) in [6.45, 7) is 2.24. The fourth-order valence-corrected chi connectivity index (χ4v) is 3.55. The molecule has 0 fully saturated rings. The number of carbonyl (C=O) groups excluding carboxylic acids is 1. The predicted molar refractivity (Wildman–Crippen MR) is 80.0 cm³/mol. The monoisotopic (exact) mass is 315 g/mol. The molecule has 4 nitrogen and oxygen atoms in total. The molecular formula is C14H18ClNO3S. The van der Waals surface area contributed by atoms with Crippen LogP contribution in [0.1, 0.15) is 40.2 Å². The van der Waals surface area contributed by atoms with Crippen LogP contribution in [0.5, 0.6) is 0 Å². The first-order valence-electron chi connectivity index (χ1n) is 6.54. The Morgan fingerprint density at radius 3 is 2.70 bits per heavy atom. The first-order chi connectivity index (χ1) is 9.30. The maximum atomic E-state index is 12.0. The average molecular weight is 316 g/mol. The zero-order valence-electron chi connectivity index (χ0n) is 11.5. The molecule has 0 saturated carbocycles. The number of halogens is 1. The van der Waals surface area contributed by atoms with Gasteiger partial charge in [-0.15, -0.1) is 11.6 Å². The van der Waals surface area contributed by atoms with Crippen LogP contribution in [0.15, 0.2) is 18.2 Å². The fraction of sp³-hybridized carbons (Fsp3) is 0.500. The summed E-state index contributed by atoms with van der Waals surface area (Å²) in [6.07, 6.45) is 2.91. The van der Waals surface area contributed by atoms with Gasteiger partial charge in [-0.25, -0.2) is 8.42 Å². The summed E-state index contributed by atoms with van der Waals surface area (Å²) in [5, 5.41) is 1.47. The van der Waals surface area contributed by atoms with Crippen LogP contribution in [-0.4, -0.2) is 32.4 Å². The molecular weight excluding hydrogens is 298 g/mol. The minimum Gasteiger partial charge on any atom is -0.352 e. The Kier molecular flexibility index (Phi) is 4.39. The first kappa shape index (κ1) is 15.3. The molecule has 110 valence electrons. The molecule has 1 aliphatic rings. The molecule has 20 heavy (non-hydrogen) atoms. The van der Waals surface area contributed by atoms with E-state index >= 15 is 0 Å². The number of sulfone groups is 1. The number of fused-ring (bicyclic) bond motifs is 1. The third kappa shape index (κ3) is 3.15. The highest BCUT2D eigenvalue weighted by atomic mass is 35.5. The predicted octanol–water partition coefficient (Wildman–Crippen LogP) is 2.08. The highest BCUT2D eigenvalue weighted by Gasteiger charge is 2.27. The lowest BCUT2D eigenvalue weighted by molar-refractivity contribution is 0.0956. The molecule has 1 aliphatic heterocycles. The van der Waals surface area contributed by atoms with Gasteiger partial charge < -0.3 is 5.32 Å². The number of rotatable bonds is 3. The van der Waals surface area contributed by atoms with Crippen molar-refractivity contribution in [2.75, 3.05) is 12.8 Å². The molecule has 1 aromatic rings. The molecule has 0 spiro atoms. The van der Waals surface area contributed by atoms with Crippen molar-refractivity contribution in [3.05, 3.63) is 34.9 Å². The summed E-state index contributed by atoms with van der Waals surface area (Å²) < 4.78 is 23.2. The molecule has 2 unspecified atom stereocenters. The standard InChI is InChI=1S/C14H18ClNO3S/c1-9(20(2,18)19)13(15)11-6-5-10-4-3-7-16-14(17)12(10)8-11/h5-6,8-9,13H,3-4,7H2,1-2H3,(H,16,17). The van der Waals surface area contributed by atoms with Gasteiger partial charge >= 0.3 is 0 Å². The summed E-state index contributed by atoms with van der Waals surface area (Å²) in [7, 11) is -3.22. The largest absolute Gasteiger partial charge is 0.352 e. The lowest BCUT2D eigenvalue weighted by Crippen LogP contribution is -2.24. The van der Waals surface area contributed by atoms with Crippen molar-refractivity contribution in [2.24, 2.45) is 0 Å². The highest BCUT2D eigenvalue weighted by molar-refractivity contribution is 7.91. The van der Waals surface area contributed by atoms with E-state index in [1.807, 2.05) is 12.1 Å². The number of benzene rings is 1. The van der Waals surface area contributed by atoms with Crippen molar-refractivity contribution < 1.29 is 13.2 Å². The van der Waals surface area contributed by atoms with E-state index in [1.54, 1.807) is 13.0 Å². The molecule has 0 saturated heterocycles. The van der Waals surface area contributed by atoms with Gasteiger partial charge in [0.2, 0.25) is 0 Å². The van der Waals surface area contributed by atoms with Crippen molar-refractivity contribution >= 4 is 27.3 Å². The third-order valence-corrected chi connectivity index (χ3v) is 6.10. The SMILES string of the molecule is CC(C(Cl)c1ccc2c(c1)C(=O)NCCC2)S(C)(=O)=O. The van der Waals surface area contributed by atoms with E-state index in [4.69, 9.17) is 11.6 Å². The molecule has 0 radical (unpaired) electrons. The second-order valence-electron chi connectivity index (χ2n) is 5.21. The van der Waals surface area contributed by atoms with Crippen molar-refractivity contribution in [3.63, 3.8) is 0 Å². The van der Waals surface area contributed by atoms with E-state index in [2.05, 4.69) is 5.32 Å². The van der Waals surface area contributed by atoms with Crippen LogP contribution in [0.25, 0.3) is 0 Å². The second kappa shape index (κ2) is 5.74. The zero-order valence-corrected chi connectivity index (χ0v) is 13.1. The van der Waals surface area contributed by atoms with E-state index in [9.17, 15) is 13.2 Å². The number of alkyl halides is 1. The van der Waals surface area contributed by atoms with Crippen molar-refractivity contribution in [2.45, 2.75) is 30.4 Å². The van der Waals surface area contributed by atoms with Gasteiger partial charge in [-0.1, -0.05) is 12.1 Å². The second-order valence-corrected chi connectivity index (χ2v) is 8.09. The van der Waals surface area contributed by atoms with E-state index in [0.29, 0.717) is 17.7 Å².